The highest BCUT2D eigenvalue weighted by Gasteiger charge is 2.48. The second-order valence-electron chi connectivity index (χ2n) is 6.33. The van der Waals surface area contributed by atoms with Crippen LogP contribution < -0.4 is 10.6 Å². The smallest absolute Gasteiger partial charge is 0.352 e. The molecule has 0 radical (unpaired) electrons. The Bertz CT molecular complexity index is 867. The van der Waals surface area contributed by atoms with E-state index in [0.29, 0.717) is 12.0 Å². The lowest BCUT2D eigenvalue weighted by Gasteiger charge is -2.10. The van der Waals surface area contributed by atoms with Gasteiger partial charge in [0.15, 0.2) is 0 Å². The Morgan fingerprint density at radius 2 is 1.70 bits per heavy atom. The molecule has 2 aromatic rings. The maximum atomic E-state index is 13.5. The molecule has 1 saturated carbocycles. The number of anilines is 1. The van der Waals surface area contributed by atoms with E-state index in [4.69, 9.17) is 0 Å². The number of halogens is 4. The van der Waals surface area contributed by atoms with Crippen molar-refractivity contribution in [3.8, 4) is 0 Å². The fourth-order valence-electron chi connectivity index (χ4n) is 2.74. The molecule has 0 aromatic heterocycles. The maximum Gasteiger partial charge on any atom is 0.416 e. The van der Waals surface area contributed by atoms with Gasteiger partial charge in [-0.15, -0.1) is 0 Å². The van der Waals surface area contributed by atoms with Crippen molar-refractivity contribution in [3.05, 3.63) is 65.5 Å². The molecule has 2 amide bonds. The topological polar surface area (TPSA) is 58.2 Å². The fourth-order valence-corrected chi connectivity index (χ4v) is 2.74. The van der Waals surface area contributed by atoms with E-state index in [9.17, 15) is 27.2 Å². The Kier molecular flexibility index (Phi) is 5.16. The van der Waals surface area contributed by atoms with Crippen molar-refractivity contribution in [2.24, 2.45) is 11.8 Å². The zero-order valence-electron chi connectivity index (χ0n) is 14.0. The maximum absolute atomic E-state index is 13.5. The summed E-state index contributed by atoms with van der Waals surface area (Å²) in [4.78, 5) is 24.2. The summed E-state index contributed by atoms with van der Waals surface area (Å²) < 4.78 is 51.6. The van der Waals surface area contributed by atoms with Gasteiger partial charge < -0.3 is 10.6 Å². The van der Waals surface area contributed by atoms with Crippen molar-refractivity contribution in [2.75, 3.05) is 5.32 Å². The molecule has 1 aliphatic carbocycles. The van der Waals surface area contributed by atoms with Crippen molar-refractivity contribution in [1.29, 1.82) is 0 Å². The van der Waals surface area contributed by atoms with Gasteiger partial charge in [-0.05, 0) is 30.7 Å². The lowest BCUT2D eigenvalue weighted by atomic mass is 10.2. The number of alkyl halides is 3. The van der Waals surface area contributed by atoms with Crippen LogP contribution in [0.2, 0.25) is 0 Å². The summed E-state index contributed by atoms with van der Waals surface area (Å²) in [6.07, 6.45) is -4.21. The summed E-state index contributed by atoms with van der Waals surface area (Å²) in [6, 6.07) is 10.3. The standard InChI is InChI=1S/C19H16F4N2O2/c20-16-7-2-1-4-11(16)10-24-17(26)14-9-15(14)18(27)25-13-6-3-5-12(8-13)19(21,22)23/h1-8,14-15H,9-10H2,(H,24,26)(H,25,27). The van der Waals surface area contributed by atoms with E-state index in [0.717, 1.165) is 12.1 Å². The highest BCUT2D eigenvalue weighted by atomic mass is 19.4. The first kappa shape index (κ1) is 18.9. The minimum atomic E-state index is -4.50. The van der Waals surface area contributed by atoms with Gasteiger partial charge in [0.05, 0.1) is 17.4 Å². The molecule has 8 heteroatoms. The van der Waals surface area contributed by atoms with Crippen LogP contribution >= 0.6 is 0 Å². The van der Waals surface area contributed by atoms with Crippen LogP contribution in [0.25, 0.3) is 0 Å². The Labute approximate surface area is 152 Å². The number of carbonyl (C=O) groups excluding carboxylic acids is 2. The van der Waals surface area contributed by atoms with Gasteiger partial charge in [-0.25, -0.2) is 4.39 Å². The molecule has 0 bridgehead atoms. The Morgan fingerprint density at radius 1 is 1.00 bits per heavy atom. The normalized spacial score (nSPS) is 18.7. The average Bonchev–Trinajstić information content (AvgIpc) is 3.41. The summed E-state index contributed by atoms with van der Waals surface area (Å²) >= 11 is 0. The monoisotopic (exact) mass is 380 g/mol. The number of carbonyl (C=O) groups is 2. The molecule has 0 saturated heterocycles. The van der Waals surface area contributed by atoms with E-state index in [1.165, 1.54) is 24.3 Å². The molecular weight excluding hydrogens is 364 g/mol. The molecule has 2 unspecified atom stereocenters. The first-order valence-corrected chi connectivity index (χ1v) is 8.25. The molecule has 0 heterocycles. The van der Waals surface area contributed by atoms with E-state index >= 15 is 0 Å². The molecule has 0 spiro atoms. The van der Waals surface area contributed by atoms with Crippen LogP contribution in [0.3, 0.4) is 0 Å². The number of nitrogens with one attached hydrogen (secondary N) is 2. The van der Waals surface area contributed by atoms with Gasteiger partial charge in [0, 0.05) is 17.8 Å². The van der Waals surface area contributed by atoms with Crippen molar-refractivity contribution < 1.29 is 27.2 Å². The first-order valence-electron chi connectivity index (χ1n) is 8.25. The summed E-state index contributed by atoms with van der Waals surface area (Å²) in [7, 11) is 0. The number of hydrogen-bond donors (Lipinski definition) is 2. The highest BCUT2D eigenvalue weighted by molar-refractivity contribution is 5.99. The van der Waals surface area contributed by atoms with Crippen LogP contribution in [0.4, 0.5) is 23.2 Å². The average molecular weight is 380 g/mol. The highest BCUT2D eigenvalue weighted by Crippen LogP contribution is 2.40. The van der Waals surface area contributed by atoms with Crippen molar-refractivity contribution in [2.45, 2.75) is 19.1 Å². The molecule has 4 nitrogen and oxygen atoms in total. The lowest BCUT2D eigenvalue weighted by Crippen LogP contribution is -2.27. The number of benzene rings is 2. The van der Waals surface area contributed by atoms with Crippen LogP contribution in [0, 0.1) is 17.7 Å². The van der Waals surface area contributed by atoms with Crippen LogP contribution in [-0.2, 0) is 22.3 Å². The fraction of sp³-hybridized carbons (Fsp3) is 0.263. The lowest BCUT2D eigenvalue weighted by molar-refractivity contribution is -0.137. The van der Waals surface area contributed by atoms with Gasteiger partial charge in [-0.2, -0.15) is 13.2 Å². The van der Waals surface area contributed by atoms with E-state index in [-0.39, 0.29) is 18.1 Å². The third-order valence-electron chi connectivity index (χ3n) is 4.33. The number of amides is 2. The minimum Gasteiger partial charge on any atom is -0.352 e. The molecule has 2 N–H and O–H groups in total. The molecule has 1 aliphatic rings. The predicted molar refractivity (Wildman–Crippen MR) is 89.9 cm³/mol. The minimum absolute atomic E-state index is 0.00394. The van der Waals surface area contributed by atoms with Gasteiger partial charge in [-0.1, -0.05) is 24.3 Å². The molecule has 1 fully saturated rings. The van der Waals surface area contributed by atoms with Crippen molar-refractivity contribution in [3.63, 3.8) is 0 Å². The predicted octanol–water partition coefficient (Wildman–Crippen LogP) is 3.74. The van der Waals surface area contributed by atoms with Crippen LogP contribution in [0.1, 0.15) is 17.5 Å². The second kappa shape index (κ2) is 7.38. The van der Waals surface area contributed by atoms with Crippen LogP contribution in [0.15, 0.2) is 48.5 Å². The Hall–Kier alpha value is -2.90. The van der Waals surface area contributed by atoms with Crippen LogP contribution in [-0.4, -0.2) is 11.8 Å². The molecule has 2 atom stereocenters. The Morgan fingerprint density at radius 3 is 2.41 bits per heavy atom. The number of rotatable bonds is 5. The summed E-state index contributed by atoms with van der Waals surface area (Å²) in [5.74, 6) is -2.52. The summed E-state index contributed by atoms with van der Waals surface area (Å²) in [5.41, 5.74) is -0.515. The van der Waals surface area contributed by atoms with Gasteiger partial charge in [-0.3, -0.25) is 9.59 Å². The number of hydrogen-bond acceptors (Lipinski definition) is 2. The first-order chi connectivity index (χ1) is 12.8. The van der Waals surface area contributed by atoms with E-state index in [2.05, 4.69) is 10.6 Å². The summed E-state index contributed by atoms with van der Waals surface area (Å²) in [6.45, 7) is 0.00394. The van der Waals surface area contributed by atoms with Crippen LogP contribution in [0.5, 0.6) is 0 Å². The van der Waals surface area contributed by atoms with Gasteiger partial charge in [0.25, 0.3) is 0 Å². The molecular formula is C19H16F4N2O2. The second-order valence-corrected chi connectivity index (χ2v) is 6.33. The van der Waals surface area contributed by atoms with Crippen molar-refractivity contribution >= 4 is 17.5 Å². The SMILES string of the molecule is O=C(NCc1ccccc1F)C1CC1C(=O)Nc1cccc(C(F)(F)F)c1. The quantitative estimate of drug-likeness (QED) is 0.777. The van der Waals surface area contributed by atoms with E-state index in [1.807, 2.05) is 0 Å². The molecule has 142 valence electrons. The zero-order chi connectivity index (χ0) is 19.6. The van der Waals surface area contributed by atoms with Gasteiger partial charge >= 0.3 is 6.18 Å². The zero-order valence-corrected chi connectivity index (χ0v) is 14.0. The van der Waals surface area contributed by atoms with E-state index < -0.39 is 35.3 Å². The largest absolute Gasteiger partial charge is 0.416 e. The molecule has 2 aromatic carbocycles. The summed E-state index contributed by atoms with van der Waals surface area (Å²) in [5, 5.41) is 4.98. The van der Waals surface area contributed by atoms with E-state index in [1.54, 1.807) is 12.1 Å². The third kappa shape index (κ3) is 4.64. The van der Waals surface area contributed by atoms with Gasteiger partial charge in [0.2, 0.25) is 11.8 Å². The van der Waals surface area contributed by atoms with Gasteiger partial charge in [0.1, 0.15) is 5.82 Å². The van der Waals surface area contributed by atoms with Crippen molar-refractivity contribution in [1.82, 2.24) is 5.32 Å². The Balaban J connectivity index is 1.53. The third-order valence-corrected chi connectivity index (χ3v) is 4.33. The molecule has 3 rings (SSSR count). The molecule has 27 heavy (non-hydrogen) atoms. The molecule has 0 aliphatic heterocycles.